The van der Waals surface area contributed by atoms with E-state index in [4.69, 9.17) is 4.74 Å². The summed E-state index contributed by atoms with van der Waals surface area (Å²) < 4.78 is 20.7. The number of carbonyl (C=O) groups excluding carboxylic acids is 1. The standard InChI is InChI=1S/C24H29BrFN5O2/c1-14-7-8-17(26)18(10-14)30-19-12-28-22-20(19)21(16(25)11-27-22)31-9-5-6-15(13-31)29-23(32)33-24(2,3)4/h7-8,10-12,15,30H,5-6,9,13H2,1-4H3,(H,27,28)(H,29,32)/t15-/m1/s1. The number of benzene rings is 1. The normalized spacial score (nSPS) is 16.7. The largest absolute Gasteiger partial charge is 0.444 e. The number of alkyl carbamates (subject to hydrolysis) is 1. The van der Waals surface area contributed by atoms with Crippen LogP contribution in [-0.4, -0.2) is 40.8 Å². The van der Waals surface area contributed by atoms with Crippen molar-refractivity contribution in [3.05, 3.63) is 46.4 Å². The summed E-state index contributed by atoms with van der Waals surface area (Å²) in [6.45, 7) is 8.93. The van der Waals surface area contributed by atoms with E-state index in [1.807, 2.05) is 27.7 Å². The van der Waals surface area contributed by atoms with Gasteiger partial charge in [-0.1, -0.05) is 6.07 Å². The van der Waals surface area contributed by atoms with Gasteiger partial charge < -0.3 is 25.3 Å². The van der Waals surface area contributed by atoms with Crippen LogP contribution in [0.5, 0.6) is 0 Å². The Bertz CT molecular complexity index is 1170. The van der Waals surface area contributed by atoms with Gasteiger partial charge in [0.05, 0.1) is 26.9 Å². The molecule has 0 unspecified atom stereocenters. The van der Waals surface area contributed by atoms with E-state index in [0.717, 1.165) is 46.2 Å². The lowest BCUT2D eigenvalue weighted by molar-refractivity contribution is 0.0500. The predicted molar refractivity (Wildman–Crippen MR) is 133 cm³/mol. The van der Waals surface area contributed by atoms with E-state index in [9.17, 15) is 9.18 Å². The molecule has 2 aromatic heterocycles. The molecule has 1 atom stereocenters. The van der Waals surface area contributed by atoms with Gasteiger partial charge in [0.2, 0.25) is 0 Å². The molecular weight excluding hydrogens is 489 g/mol. The number of pyridine rings is 1. The van der Waals surface area contributed by atoms with Crippen LogP contribution in [-0.2, 0) is 4.74 Å². The summed E-state index contributed by atoms with van der Waals surface area (Å²) in [5.74, 6) is -0.320. The van der Waals surface area contributed by atoms with E-state index in [1.165, 1.54) is 6.07 Å². The number of ether oxygens (including phenoxy) is 1. The summed E-state index contributed by atoms with van der Waals surface area (Å²) in [7, 11) is 0. The number of hydrogen-bond acceptors (Lipinski definition) is 5. The highest BCUT2D eigenvalue weighted by atomic mass is 79.9. The van der Waals surface area contributed by atoms with Crippen LogP contribution in [0.2, 0.25) is 0 Å². The number of carbonyl (C=O) groups is 1. The first kappa shape index (κ1) is 23.4. The number of fused-ring (bicyclic) bond motifs is 1. The van der Waals surface area contributed by atoms with Crippen LogP contribution < -0.4 is 15.5 Å². The van der Waals surface area contributed by atoms with Crippen LogP contribution in [0.4, 0.5) is 26.2 Å². The number of piperidine rings is 1. The molecule has 1 aliphatic rings. The number of amides is 1. The predicted octanol–water partition coefficient (Wildman–Crippen LogP) is 6.01. The van der Waals surface area contributed by atoms with Crippen molar-refractivity contribution < 1.29 is 13.9 Å². The monoisotopic (exact) mass is 517 g/mol. The smallest absolute Gasteiger partial charge is 0.407 e. The number of aromatic amines is 1. The summed E-state index contributed by atoms with van der Waals surface area (Å²) in [6.07, 6.45) is 4.93. The lowest BCUT2D eigenvalue weighted by Gasteiger charge is -2.36. The number of nitrogens with zero attached hydrogens (tertiary/aromatic N) is 2. The molecule has 176 valence electrons. The van der Waals surface area contributed by atoms with E-state index in [2.05, 4.69) is 41.4 Å². The molecule has 1 aromatic carbocycles. The van der Waals surface area contributed by atoms with Crippen molar-refractivity contribution in [2.45, 2.75) is 52.2 Å². The number of anilines is 3. The van der Waals surface area contributed by atoms with Gasteiger partial charge in [0, 0.05) is 31.5 Å². The zero-order valence-electron chi connectivity index (χ0n) is 19.3. The Morgan fingerprint density at radius 1 is 1.33 bits per heavy atom. The second-order valence-electron chi connectivity index (χ2n) is 9.42. The molecule has 0 aliphatic carbocycles. The van der Waals surface area contributed by atoms with Gasteiger partial charge in [-0.25, -0.2) is 14.2 Å². The topological polar surface area (TPSA) is 82.3 Å². The summed E-state index contributed by atoms with van der Waals surface area (Å²) >= 11 is 3.66. The Morgan fingerprint density at radius 2 is 2.12 bits per heavy atom. The number of H-pyrrole nitrogens is 1. The van der Waals surface area contributed by atoms with Crippen LogP contribution >= 0.6 is 15.9 Å². The molecule has 3 aromatic rings. The second-order valence-corrected chi connectivity index (χ2v) is 10.3. The molecule has 0 saturated carbocycles. The van der Waals surface area contributed by atoms with E-state index in [-0.39, 0.29) is 11.9 Å². The lowest BCUT2D eigenvalue weighted by Crippen LogP contribution is -2.49. The van der Waals surface area contributed by atoms with Gasteiger partial charge in [-0.3, -0.25) is 0 Å². The summed E-state index contributed by atoms with van der Waals surface area (Å²) in [6, 6.07) is 4.93. The Labute approximate surface area is 201 Å². The van der Waals surface area contributed by atoms with Crippen molar-refractivity contribution in [2.75, 3.05) is 23.3 Å². The Kier molecular flexibility index (Phi) is 6.52. The highest BCUT2D eigenvalue weighted by Crippen LogP contribution is 2.40. The molecule has 4 rings (SSSR count). The third kappa shape index (κ3) is 5.40. The van der Waals surface area contributed by atoms with E-state index >= 15 is 0 Å². The number of aryl methyl sites for hydroxylation is 1. The highest BCUT2D eigenvalue weighted by Gasteiger charge is 2.27. The fourth-order valence-corrected chi connectivity index (χ4v) is 4.67. The van der Waals surface area contributed by atoms with E-state index < -0.39 is 11.7 Å². The number of halogens is 2. The van der Waals surface area contributed by atoms with Crippen LogP contribution in [0.25, 0.3) is 11.0 Å². The number of hydrogen-bond donors (Lipinski definition) is 3. The molecule has 1 fully saturated rings. The Balaban J connectivity index is 1.63. The van der Waals surface area contributed by atoms with Gasteiger partial charge in [-0.15, -0.1) is 0 Å². The minimum Gasteiger partial charge on any atom is -0.444 e. The number of aromatic nitrogens is 2. The highest BCUT2D eigenvalue weighted by molar-refractivity contribution is 9.10. The van der Waals surface area contributed by atoms with Crippen molar-refractivity contribution in [3.8, 4) is 0 Å². The lowest BCUT2D eigenvalue weighted by atomic mass is 10.0. The molecule has 33 heavy (non-hydrogen) atoms. The average Bonchev–Trinajstić information content (AvgIpc) is 3.12. The molecule has 3 N–H and O–H groups in total. The molecule has 0 radical (unpaired) electrons. The molecule has 3 heterocycles. The van der Waals surface area contributed by atoms with Crippen LogP contribution in [0.3, 0.4) is 0 Å². The first-order valence-electron chi connectivity index (χ1n) is 11.0. The molecule has 1 amide bonds. The third-order valence-electron chi connectivity index (χ3n) is 5.48. The first-order chi connectivity index (χ1) is 15.6. The summed E-state index contributed by atoms with van der Waals surface area (Å²) in [4.78, 5) is 22.2. The van der Waals surface area contributed by atoms with Crippen molar-refractivity contribution in [1.82, 2.24) is 15.3 Å². The molecule has 9 heteroatoms. The molecule has 1 aliphatic heterocycles. The van der Waals surface area contributed by atoms with Crippen molar-refractivity contribution in [1.29, 1.82) is 0 Å². The fourth-order valence-electron chi connectivity index (χ4n) is 4.12. The summed E-state index contributed by atoms with van der Waals surface area (Å²) in [5.41, 5.74) is 3.21. The maximum Gasteiger partial charge on any atom is 0.407 e. The molecule has 7 nitrogen and oxygen atoms in total. The minimum absolute atomic E-state index is 0.0479. The van der Waals surface area contributed by atoms with Crippen LogP contribution in [0.1, 0.15) is 39.2 Å². The first-order valence-corrected chi connectivity index (χ1v) is 11.8. The number of rotatable bonds is 4. The third-order valence-corrected chi connectivity index (χ3v) is 6.06. The van der Waals surface area contributed by atoms with Gasteiger partial charge in [0.15, 0.2) is 0 Å². The summed E-state index contributed by atoms with van der Waals surface area (Å²) in [5, 5.41) is 7.09. The van der Waals surface area contributed by atoms with Crippen molar-refractivity contribution in [3.63, 3.8) is 0 Å². The van der Waals surface area contributed by atoms with Crippen molar-refractivity contribution >= 4 is 50.1 Å². The van der Waals surface area contributed by atoms with E-state index in [0.29, 0.717) is 17.9 Å². The minimum atomic E-state index is -0.546. The maximum atomic E-state index is 14.4. The van der Waals surface area contributed by atoms with Gasteiger partial charge in [-0.2, -0.15) is 0 Å². The van der Waals surface area contributed by atoms with Gasteiger partial charge in [0.1, 0.15) is 17.1 Å². The van der Waals surface area contributed by atoms with Gasteiger partial charge in [0.25, 0.3) is 0 Å². The zero-order valence-corrected chi connectivity index (χ0v) is 20.8. The zero-order chi connectivity index (χ0) is 23.8. The quantitative estimate of drug-likeness (QED) is 0.394. The Hall–Kier alpha value is -2.81. The van der Waals surface area contributed by atoms with Crippen LogP contribution in [0, 0.1) is 12.7 Å². The van der Waals surface area contributed by atoms with Crippen LogP contribution in [0.15, 0.2) is 35.1 Å². The molecular formula is C24H29BrFN5O2. The fraction of sp³-hybridized carbons (Fsp3) is 0.417. The molecule has 0 spiro atoms. The van der Waals surface area contributed by atoms with Crippen molar-refractivity contribution in [2.24, 2.45) is 0 Å². The SMILES string of the molecule is Cc1ccc(F)c(Nc2c[nH]c3ncc(Br)c(N4CCC[C@@H](NC(=O)OC(C)(C)C)C4)c23)c1. The van der Waals surface area contributed by atoms with E-state index in [1.54, 1.807) is 24.5 Å². The second kappa shape index (κ2) is 9.21. The number of nitrogens with one attached hydrogen (secondary N) is 3. The Morgan fingerprint density at radius 3 is 2.88 bits per heavy atom. The van der Waals surface area contributed by atoms with Gasteiger partial charge >= 0.3 is 6.09 Å². The molecule has 0 bridgehead atoms. The van der Waals surface area contributed by atoms with Gasteiger partial charge in [-0.05, 0) is 74.2 Å². The molecule has 1 saturated heterocycles. The maximum absolute atomic E-state index is 14.4. The average molecular weight is 518 g/mol.